The number of nitrogens with one attached hydrogen (secondary N) is 2. The van der Waals surface area contributed by atoms with E-state index in [1.165, 1.54) is 6.42 Å². The molecule has 1 saturated carbocycles. The van der Waals surface area contributed by atoms with Gasteiger partial charge in [-0.25, -0.2) is 4.79 Å². The number of hydrogen-bond acceptors (Lipinski definition) is 3. The lowest BCUT2D eigenvalue weighted by Gasteiger charge is -2.21. The molecule has 1 rings (SSSR count). The van der Waals surface area contributed by atoms with Crippen LogP contribution in [-0.2, 0) is 0 Å². The maximum Gasteiger partial charge on any atom is 0.315 e. The van der Waals surface area contributed by atoms with Crippen molar-refractivity contribution >= 4 is 17.8 Å². The Labute approximate surface area is 127 Å². The Balaban J connectivity index is 2.21. The highest BCUT2D eigenvalue weighted by Crippen LogP contribution is 2.29. The van der Waals surface area contributed by atoms with Crippen molar-refractivity contribution in [3.05, 3.63) is 0 Å². The molecular formula is C15H30N2O2S. The molecule has 1 fully saturated rings. The smallest absolute Gasteiger partial charge is 0.315 e. The third kappa shape index (κ3) is 5.92. The number of rotatable bonds is 8. The number of amides is 2. The zero-order chi connectivity index (χ0) is 15.0. The van der Waals surface area contributed by atoms with E-state index in [4.69, 9.17) is 0 Å². The molecule has 3 unspecified atom stereocenters. The topological polar surface area (TPSA) is 61.4 Å². The van der Waals surface area contributed by atoms with Gasteiger partial charge in [0.05, 0.1) is 6.10 Å². The molecule has 0 bridgehead atoms. The Morgan fingerprint density at radius 3 is 2.60 bits per heavy atom. The molecule has 0 aliphatic heterocycles. The zero-order valence-electron chi connectivity index (χ0n) is 13.0. The Morgan fingerprint density at radius 1 is 1.30 bits per heavy atom. The Bertz CT molecular complexity index is 285. The lowest BCUT2D eigenvalue weighted by molar-refractivity contribution is 0.103. The summed E-state index contributed by atoms with van der Waals surface area (Å²) < 4.78 is 0. The highest BCUT2D eigenvalue weighted by atomic mass is 32.2. The van der Waals surface area contributed by atoms with E-state index in [0.717, 1.165) is 31.4 Å². The fraction of sp³-hybridized carbons (Fsp3) is 0.933. The quantitative estimate of drug-likeness (QED) is 0.646. The summed E-state index contributed by atoms with van der Waals surface area (Å²) in [4.78, 5) is 11.8. The van der Waals surface area contributed by atoms with Crippen LogP contribution in [-0.4, -0.2) is 40.8 Å². The second-order valence-electron chi connectivity index (χ2n) is 5.59. The van der Waals surface area contributed by atoms with Crippen LogP contribution >= 0.6 is 11.8 Å². The molecule has 0 aromatic heterocycles. The molecule has 4 nitrogen and oxygen atoms in total. The van der Waals surface area contributed by atoms with Crippen LogP contribution in [0.25, 0.3) is 0 Å². The minimum Gasteiger partial charge on any atom is -0.391 e. The van der Waals surface area contributed by atoms with Gasteiger partial charge in [0.25, 0.3) is 0 Å². The molecule has 0 spiro atoms. The monoisotopic (exact) mass is 302 g/mol. The van der Waals surface area contributed by atoms with E-state index >= 15 is 0 Å². The van der Waals surface area contributed by atoms with Crippen LogP contribution in [0.2, 0.25) is 0 Å². The van der Waals surface area contributed by atoms with Crippen molar-refractivity contribution in [3.63, 3.8) is 0 Å². The van der Waals surface area contributed by atoms with Crippen molar-refractivity contribution in [1.82, 2.24) is 10.6 Å². The van der Waals surface area contributed by atoms with Crippen LogP contribution in [0.3, 0.4) is 0 Å². The maximum atomic E-state index is 11.8. The fourth-order valence-electron chi connectivity index (χ4n) is 2.89. The second kappa shape index (κ2) is 9.50. The molecule has 3 N–H and O–H groups in total. The van der Waals surface area contributed by atoms with Gasteiger partial charge in [0.1, 0.15) is 0 Å². The van der Waals surface area contributed by atoms with E-state index in [1.54, 1.807) is 0 Å². The van der Waals surface area contributed by atoms with Crippen LogP contribution in [0.5, 0.6) is 0 Å². The van der Waals surface area contributed by atoms with Gasteiger partial charge in [0.15, 0.2) is 0 Å². The number of aliphatic hydroxyl groups excluding tert-OH is 1. The number of carbonyl (C=O) groups is 1. The van der Waals surface area contributed by atoms with Gasteiger partial charge in [-0.15, -0.1) is 0 Å². The van der Waals surface area contributed by atoms with Gasteiger partial charge in [-0.3, -0.25) is 0 Å². The first kappa shape index (κ1) is 17.6. The molecule has 2 amide bonds. The third-order valence-corrected chi connectivity index (χ3v) is 5.42. The molecule has 5 heteroatoms. The first-order valence-corrected chi connectivity index (χ1v) is 8.99. The van der Waals surface area contributed by atoms with E-state index < -0.39 is 6.10 Å². The number of carbonyl (C=O) groups excluding carboxylic acids is 1. The molecule has 118 valence electrons. The maximum absolute atomic E-state index is 11.8. The molecule has 20 heavy (non-hydrogen) atoms. The zero-order valence-corrected chi connectivity index (χ0v) is 13.8. The van der Waals surface area contributed by atoms with Crippen LogP contribution in [0, 0.1) is 5.92 Å². The van der Waals surface area contributed by atoms with E-state index in [2.05, 4.69) is 31.4 Å². The second-order valence-corrected chi connectivity index (χ2v) is 7.16. The summed E-state index contributed by atoms with van der Waals surface area (Å²) in [6.07, 6.45) is 4.78. The van der Waals surface area contributed by atoms with Crippen LogP contribution < -0.4 is 10.6 Å². The minimum absolute atomic E-state index is 0.137. The predicted molar refractivity (Wildman–Crippen MR) is 86.2 cm³/mol. The first-order chi connectivity index (χ1) is 9.60. The molecule has 0 heterocycles. The van der Waals surface area contributed by atoms with Gasteiger partial charge >= 0.3 is 6.03 Å². The molecule has 0 saturated heterocycles. The molecule has 0 radical (unpaired) electrons. The molecule has 1 aliphatic carbocycles. The number of aliphatic hydroxyl groups is 1. The summed E-state index contributed by atoms with van der Waals surface area (Å²) in [7, 11) is 0. The lowest BCUT2D eigenvalue weighted by atomic mass is 9.97. The third-order valence-electron chi connectivity index (χ3n) is 4.19. The number of hydrogen-bond donors (Lipinski definition) is 3. The van der Waals surface area contributed by atoms with E-state index in [1.807, 2.05) is 11.8 Å². The summed E-state index contributed by atoms with van der Waals surface area (Å²) in [5.74, 6) is 1.41. The van der Waals surface area contributed by atoms with E-state index in [-0.39, 0.29) is 11.9 Å². The van der Waals surface area contributed by atoms with Crippen molar-refractivity contribution < 1.29 is 9.90 Å². The van der Waals surface area contributed by atoms with E-state index in [9.17, 15) is 9.90 Å². The highest BCUT2D eigenvalue weighted by molar-refractivity contribution is 7.99. The van der Waals surface area contributed by atoms with Crippen LogP contribution in [0.1, 0.15) is 52.9 Å². The van der Waals surface area contributed by atoms with Crippen LogP contribution in [0.4, 0.5) is 4.79 Å². The molecule has 0 aromatic rings. The van der Waals surface area contributed by atoms with Gasteiger partial charge in [-0.05, 0) is 30.9 Å². The number of urea groups is 1. The summed E-state index contributed by atoms with van der Waals surface area (Å²) in [6, 6.07) is 0.159. The summed E-state index contributed by atoms with van der Waals surface area (Å²) in [5.41, 5.74) is 0. The van der Waals surface area contributed by atoms with E-state index in [0.29, 0.717) is 17.8 Å². The summed E-state index contributed by atoms with van der Waals surface area (Å²) in [6.45, 7) is 6.67. The largest absolute Gasteiger partial charge is 0.391 e. The Morgan fingerprint density at radius 2 is 2.00 bits per heavy atom. The normalized spacial score (nSPS) is 23.9. The van der Waals surface area contributed by atoms with Gasteiger partial charge in [0, 0.05) is 17.8 Å². The Hall–Kier alpha value is -0.420. The van der Waals surface area contributed by atoms with Gasteiger partial charge in [0.2, 0.25) is 0 Å². The molecule has 3 atom stereocenters. The molecular weight excluding hydrogens is 272 g/mol. The molecule has 1 aliphatic rings. The predicted octanol–water partition coefficient (Wildman–Crippen LogP) is 2.76. The van der Waals surface area contributed by atoms with Crippen LogP contribution in [0.15, 0.2) is 0 Å². The van der Waals surface area contributed by atoms with Crippen molar-refractivity contribution in [2.24, 2.45) is 5.92 Å². The Kier molecular flexibility index (Phi) is 8.38. The summed E-state index contributed by atoms with van der Waals surface area (Å²) in [5, 5.41) is 16.5. The van der Waals surface area contributed by atoms with Gasteiger partial charge in [-0.2, -0.15) is 11.8 Å². The van der Waals surface area contributed by atoms with Gasteiger partial charge < -0.3 is 15.7 Å². The lowest BCUT2D eigenvalue weighted by Crippen LogP contribution is -2.45. The highest BCUT2D eigenvalue weighted by Gasteiger charge is 2.26. The first-order valence-electron chi connectivity index (χ1n) is 7.94. The molecule has 0 aromatic carbocycles. The average molecular weight is 302 g/mol. The minimum atomic E-state index is -0.442. The number of thioether (sulfide) groups is 1. The van der Waals surface area contributed by atoms with Crippen molar-refractivity contribution in [2.75, 3.05) is 12.3 Å². The SMILES string of the molecule is CCSC1CCC(NC(=O)NCC(O)C(CC)CC)C1. The van der Waals surface area contributed by atoms with Crippen molar-refractivity contribution in [2.45, 2.75) is 70.3 Å². The fourth-order valence-corrected chi connectivity index (χ4v) is 4.03. The standard InChI is InChI=1S/C15H30N2O2S/c1-4-11(5-2)14(18)10-16-15(19)17-12-7-8-13(9-12)20-6-3/h11-14,18H,4-10H2,1-3H3,(H2,16,17,19). The van der Waals surface area contributed by atoms with Crippen molar-refractivity contribution in [1.29, 1.82) is 0 Å². The van der Waals surface area contributed by atoms with Crippen molar-refractivity contribution in [3.8, 4) is 0 Å². The average Bonchev–Trinajstić information content (AvgIpc) is 2.85. The summed E-state index contributed by atoms with van der Waals surface area (Å²) >= 11 is 1.99. The van der Waals surface area contributed by atoms with Gasteiger partial charge in [-0.1, -0.05) is 33.6 Å².